The second-order valence-corrected chi connectivity index (χ2v) is 7.08. The molecule has 1 aliphatic heterocycles. The highest BCUT2D eigenvalue weighted by Crippen LogP contribution is 2.27. The van der Waals surface area contributed by atoms with Crippen LogP contribution in [0.25, 0.3) is 0 Å². The lowest BCUT2D eigenvalue weighted by Gasteiger charge is -2.30. The van der Waals surface area contributed by atoms with Gasteiger partial charge < -0.3 is 15.4 Å². The summed E-state index contributed by atoms with van der Waals surface area (Å²) >= 11 is 1.69. The highest BCUT2D eigenvalue weighted by atomic mass is 32.1. The molecule has 0 spiro atoms. The van der Waals surface area contributed by atoms with E-state index in [2.05, 4.69) is 46.5 Å². The van der Waals surface area contributed by atoms with Gasteiger partial charge in [0.25, 0.3) is 0 Å². The molecule has 128 valence electrons. The normalized spacial score (nSPS) is 21.9. The monoisotopic (exact) mass is 344 g/mol. The minimum absolute atomic E-state index is 0.0648. The Labute approximate surface area is 147 Å². The Morgan fingerprint density at radius 1 is 1.33 bits per heavy atom. The van der Waals surface area contributed by atoms with Gasteiger partial charge in [0.1, 0.15) is 0 Å². The summed E-state index contributed by atoms with van der Waals surface area (Å²) in [5.74, 6) is 0.328. The van der Waals surface area contributed by atoms with Crippen molar-refractivity contribution >= 4 is 17.4 Å². The molecule has 5 heteroatoms. The minimum atomic E-state index is -0.0872. The number of carbonyl (C=O) groups is 1. The first-order chi connectivity index (χ1) is 11.7. The van der Waals surface area contributed by atoms with Crippen LogP contribution < -0.4 is 10.6 Å². The Morgan fingerprint density at radius 3 is 2.92 bits per heavy atom. The van der Waals surface area contributed by atoms with Crippen molar-refractivity contribution in [1.29, 1.82) is 0 Å². The summed E-state index contributed by atoms with van der Waals surface area (Å²) < 4.78 is 5.85. The van der Waals surface area contributed by atoms with Crippen LogP contribution in [0.15, 0.2) is 47.2 Å². The lowest BCUT2D eigenvalue weighted by molar-refractivity contribution is 0.00226. The van der Waals surface area contributed by atoms with Gasteiger partial charge in [-0.15, -0.1) is 0 Å². The molecule has 24 heavy (non-hydrogen) atoms. The molecular weight excluding hydrogens is 320 g/mol. The maximum absolute atomic E-state index is 12.2. The molecule has 2 heterocycles. The third-order valence-corrected chi connectivity index (χ3v) is 5.17. The SMILES string of the molecule is C[C@H](CNC(=O)N[C@H]1CCO[C@@H](c2ccccc2)C1)c1ccsc1. The van der Waals surface area contributed by atoms with Crippen molar-refractivity contribution in [3.63, 3.8) is 0 Å². The summed E-state index contributed by atoms with van der Waals surface area (Å²) in [6.07, 6.45) is 1.74. The number of benzene rings is 1. The van der Waals surface area contributed by atoms with E-state index in [1.165, 1.54) is 11.1 Å². The van der Waals surface area contributed by atoms with E-state index in [1.54, 1.807) is 11.3 Å². The van der Waals surface area contributed by atoms with E-state index in [-0.39, 0.29) is 18.2 Å². The third-order valence-electron chi connectivity index (χ3n) is 4.47. The van der Waals surface area contributed by atoms with Crippen molar-refractivity contribution in [2.24, 2.45) is 0 Å². The summed E-state index contributed by atoms with van der Waals surface area (Å²) in [5.41, 5.74) is 2.45. The molecule has 1 aromatic heterocycles. The van der Waals surface area contributed by atoms with E-state index in [9.17, 15) is 4.79 Å². The quantitative estimate of drug-likeness (QED) is 0.859. The molecule has 1 aromatic carbocycles. The predicted octanol–water partition coefficient (Wildman–Crippen LogP) is 4.07. The maximum Gasteiger partial charge on any atom is 0.315 e. The zero-order valence-corrected chi connectivity index (χ0v) is 14.7. The molecule has 0 bridgehead atoms. The molecular formula is C19H24N2O2S. The van der Waals surface area contributed by atoms with Gasteiger partial charge in [0.15, 0.2) is 0 Å². The van der Waals surface area contributed by atoms with Crippen LogP contribution in [0, 0.1) is 0 Å². The van der Waals surface area contributed by atoms with Crippen LogP contribution >= 0.6 is 11.3 Å². The van der Waals surface area contributed by atoms with E-state index in [4.69, 9.17) is 4.74 Å². The number of ether oxygens (including phenoxy) is 1. The van der Waals surface area contributed by atoms with Gasteiger partial charge in [0, 0.05) is 19.2 Å². The number of amides is 2. The fourth-order valence-corrected chi connectivity index (χ4v) is 3.77. The first-order valence-electron chi connectivity index (χ1n) is 8.45. The van der Waals surface area contributed by atoms with Gasteiger partial charge in [-0.3, -0.25) is 0 Å². The summed E-state index contributed by atoms with van der Waals surface area (Å²) in [6.45, 7) is 3.45. The van der Waals surface area contributed by atoms with Crippen molar-refractivity contribution in [2.75, 3.05) is 13.2 Å². The fourth-order valence-electron chi connectivity index (χ4n) is 2.98. The largest absolute Gasteiger partial charge is 0.373 e. The minimum Gasteiger partial charge on any atom is -0.373 e. The summed E-state index contributed by atoms with van der Waals surface area (Å²) in [5, 5.41) is 10.3. The Morgan fingerprint density at radius 2 is 2.17 bits per heavy atom. The van der Waals surface area contributed by atoms with Gasteiger partial charge in [-0.25, -0.2) is 4.79 Å². The number of rotatable bonds is 5. The van der Waals surface area contributed by atoms with Crippen molar-refractivity contribution in [2.45, 2.75) is 37.8 Å². The Hall–Kier alpha value is -1.85. The molecule has 2 aromatic rings. The average molecular weight is 344 g/mol. The molecule has 1 aliphatic rings. The van der Waals surface area contributed by atoms with Crippen LogP contribution in [-0.4, -0.2) is 25.2 Å². The number of hydrogen-bond acceptors (Lipinski definition) is 3. The van der Waals surface area contributed by atoms with E-state index in [0.717, 1.165) is 12.8 Å². The lowest BCUT2D eigenvalue weighted by Crippen LogP contribution is -2.45. The second-order valence-electron chi connectivity index (χ2n) is 6.30. The first kappa shape index (κ1) is 17.0. The molecule has 4 nitrogen and oxygen atoms in total. The summed E-state index contributed by atoms with van der Waals surface area (Å²) in [7, 11) is 0. The second kappa shape index (κ2) is 8.31. The van der Waals surface area contributed by atoms with Crippen molar-refractivity contribution in [3.8, 4) is 0 Å². The molecule has 1 saturated heterocycles. The number of hydrogen-bond donors (Lipinski definition) is 2. The standard InChI is InChI=1S/C19H24N2O2S/c1-14(16-8-10-24-13-16)12-20-19(22)21-17-7-9-23-18(11-17)15-5-3-2-4-6-15/h2-6,8,10,13-14,17-18H,7,9,11-12H2,1H3,(H2,20,21,22)/t14-,17+,18-/m1/s1. The Kier molecular flexibility index (Phi) is 5.88. The smallest absolute Gasteiger partial charge is 0.315 e. The average Bonchev–Trinajstić information content (AvgIpc) is 3.15. The molecule has 1 fully saturated rings. The highest BCUT2D eigenvalue weighted by Gasteiger charge is 2.25. The predicted molar refractivity (Wildman–Crippen MR) is 97.4 cm³/mol. The highest BCUT2D eigenvalue weighted by molar-refractivity contribution is 7.07. The number of carbonyl (C=O) groups excluding carboxylic acids is 1. The van der Waals surface area contributed by atoms with Crippen LogP contribution in [0.3, 0.4) is 0 Å². The summed E-state index contributed by atoms with van der Waals surface area (Å²) in [4.78, 5) is 12.2. The van der Waals surface area contributed by atoms with Gasteiger partial charge in [-0.05, 0) is 46.7 Å². The number of urea groups is 1. The van der Waals surface area contributed by atoms with Gasteiger partial charge in [0.2, 0.25) is 0 Å². The van der Waals surface area contributed by atoms with E-state index >= 15 is 0 Å². The lowest BCUT2D eigenvalue weighted by atomic mass is 9.97. The summed E-state index contributed by atoms with van der Waals surface area (Å²) in [6, 6.07) is 12.4. The van der Waals surface area contributed by atoms with Crippen LogP contribution in [0.5, 0.6) is 0 Å². The van der Waals surface area contributed by atoms with Gasteiger partial charge in [-0.1, -0.05) is 37.3 Å². The van der Waals surface area contributed by atoms with Crippen LogP contribution in [0.4, 0.5) is 4.79 Å². The van der Waals surface area contributed by atoms with Crippen molar-refractivity contribution < 1.29 is 9.53 Å². The zero-order chi connectivity index (χ0) is 16.8. The van der Waals surface area contributed by atoms with Crippen LogP contribution in [-0.2, 0) is 4.74 Å². The van der Waals surface area contributed by atoms with Crippen LogP contribution in [0.1, 0.15) is 42.9 Å². The fraction of sp³-hybridized carbons (Fsp3) is 0.421. The molecule has 3 rings (SSSR count). The maximum atomic E-state index is 12.2. The number of nitrogens with one attached hydrogen (secondary N) is 2. The van der Waals surface area contributed by atoms with Gasteiger partial charge >= 0.3 is 6.03 Å². The van der Waals surface area contributed by atoms with Crippen molar-refractivity contribution in [3.05, 3.63) is 58.3 Å². The van der Waals surface area contributed by atoms with E-state index in [1.807, 2.05) is 18.2 Å². The molecule has 2 amide bonds. The molecule has 0 radical (unpaired) electrons. The third kappa shape index (κ3) is 4.58. The van der Waals surface area contributed by atoms with Gasteiger partial charge in [0.05, 0.1) is 6.10 Å². The van der Waals surface area contributed by atoms with Crippen molar-refractivity contribution in [1.82, 2.24) is 10.6 Å². The molecule has 3 atom stereocenters. The van der Waals surface area contributed by atoms with Crippen LogP contribution in [0.2, 0.25) is 0 Å². The van der Waals surface area contributed by atoms with E-state index < -0.39 is 0 Å². The molecule has 2 N–H and O–H groups in total. The molecule has 0 unspecified atom stereocenters. The zero-order valence-electron chi connectivity index (χ0n) is 13.9. The van der Waals surface area contributed by atoms with Gasteiger partial charge in [-0.2, -0.15) is 11.3 Å². The number of thiophene rings is 1. The molecule has 0 saturated carbocycles. The first-order valence-corrected chi connectivity index (χ1v) is 9.39. The Bertz CT molecular complexity index is 630. The Balaban J connectivity index is 1.46. The molecule has 0 aliphatic carbocycles. The topological polar surface area (TPSA) is 50.4 Å². The van der Waals surface area contributed by atoms with E-state index in [0.29, 0.717) is 19.1 Å².